The van der Waals surface area contributed by atoms with Crippen molar-refractivity contribution in [2.24, 2.45) is 0 Å². The number of carbonyl (C=O) groups is 1. The molecule has 0 saturated heterocycles. The molecular formula is C17H16FNO2. The second-order valence-electron chi connectivity index (χ2n) is 4.52. The normalized spacial score (nSPS) is 10.6. The Morgan fingerprint density at radius 3 is 2.76 bits per heavy atom. The molecule has 108 valence electrons. The van der Waals surface area contributed by atoms with E-state index >= 15 is 0 Å². The van der Waals surface area contributed by atoms with E-state index in [0.717, 1.165) is 11.1 Å². The van der Waals surface area contributed by atoms with Crippen LogP contribution in [0.1, 0.15) is 11.1 Å². The van der Waals surface area contributed by atoms with E-state index in [4.69, 9.17) is 4.74 Å². The van der Waals surface area contributed by atoms with Crippen LogP contribution < -0.4 is 10.1 Å². The van der Waals surface area contributed by atoms with Gasteiger partial charge in [-0.05, 0) is 36.8 Å². The number of hydrogen-bond donors (Lipinski definition) is 1. The molecule has 0 unspecified atom stereocenters. The number of anilines is 1. The molecular weight excluding hydrogens is 269 g/mol. The molecule has 21 heavy (non-hydrogen) atoms. The zero-order valence-electron chi connectivity index (χ0n) is 11.9. The van der Waals surface area contributed by atoms with E-state index in [1.54, 1.807) is 26.2 Å². The molecule has 0 saturated carbocycles. The Bertz CT molecular complexity index is 680. The third-order valence-electron chi connectivity index (χ3n) is 3.01. The van der Waals surface area contributed by atoms with Crippen LogP contribution >= 0.6 is 0 Å². The number of benzene rings is 2. The van der Waals surface area contributed by atoms with E-state index in [1.165, 1.54) is 18.2 Å². The maximum Gasteiger partial charge on any atom is 0.248 e. The molecule has 2 aromatic carbocycles. The van der Waals surface area contributed by atoms with Crippen molar-refractivity contribution in [3.05, 3.63) is 65.5 Å². The zero-order valence-corrected chi connectivity index (χ0v) is 11.9. The molecule has 0 aliphatic rings. The van der Waals surface area contributed by atoms with E-state index in [1.807, 2.05) is 24.3 Å². The average molecular weight is 285 g/mol. The molecule has 2 aromatic rings. The molecule has 3 nitrogen and oxygen atoms in total. The molecule has 4 heteroatoms. The number of amides is 1. The van der Waals surface area contributed by atoms with Gasteiger partial charge in [-0.3, -0.25) is 4.79 Å². The third-order valence-corrected chi connectivity index (χ3v) is 3.01. The number of rotatable bonds is 4. The van der Waals surface area contributed by atoms with Crippen LogP contribution in [0.3, 0.4) is 0 Å². The van der Waals surface area contributed by atoms with E-state index in [0.29, 0.717) is 11.4 Å². The summed E-state index contributed by atoms with van der Waals surface area (Å²) in [6.07, 6.45) is 3.05. The van der Waals surface area contributed by atoms with Crippen molar-refractivity contribution < 1.29 is 13.9 Å². The summed E-state index contributed by atoms with van der Waals surface area (Å²) in [6, 6.07) is 11.6. The minimum atomic E-state index is -0.385. The molecule has 0 aliphatic carbocycles. The molecule has 0 radical (unpaired) electrons. The fourth-order valence-electron chi connectivity index (χ4n) is 1.87. The molecule has 0 atom stereocenters. The third kappa shape index (κ3) is 3.92. The maximum absolute atomic E-state index is 13.2. The van der Waals surface area contributed by atoms with Gasteiger partial charge in [0.15, 0.2) is 0 Å². The fraction of sp³-hybridized carbons (Fsp3) is 0.118. The fourth-order valence-corrected chi connectivity index (χ4v) is 1.87. The van der Waals surface area contributed by atoms with Crippen LogP contribution in [-0.2, 0) is 4.79 Å². The smallest absolute Gasteiger partial charge is 0.248 e. The Balaban J connectivity index is 2.11. The van der Waals surface area contributed by atoms with Crippen LogP contribution in [0.15, 0.2) is 48.5 Å². The Kier molecular flexibility index (Phi) is 4.72. The quantitative estimate of drug-likeness (QED) is 0.868. The first-order valence-corrected chi connectivity index (χ1v) is 6.48. The standard InChI is InChI=1S/C17H16FNO2/c1-12-7-9-14(18)11-15(12)19-17(20)10-8-13-5-3-4-6-16(13)21-2/h3-11H,1-2H3,(H,19,20)/b10-8+. The lowest BCUT2D eigenvalue weighted by molar-refractivity contribution is -0.111. The Hall–Kier alpha value is -2.62. The van der Waals surface area contributed by atoms with Gasteiger partial charge in [0.25, 0.3) is 0 Å². The predicted molar refractivity (Wildman–Crippen MR) is 81.8 cm³/mol. The molecule has 0 fully saturated rings. The van der Waals surface area contributed by atoms with E-state index < -0.39 is 0 Å². The number of carbonyl (C=O) groups excluding carboxylic acids is 1. The molecule has 0 aliphatic heterocycles. The molecule has 0 bridgehead atoms. The lowest BCUT2D eigenvalue weighted by Gasteiger charge is -2.06. The molecule has 0 aromatic heterocycles. The number of para-hydroxylation sites is 1. The number of halogens is 1. The summed E-state index contributed by atoms with van der Waals surface area (Å²) in [5.41, 5.74) is 2.06. The van der Waals surface area contributed by atoms with Crippen LogP contribution in [0.25, 0.3) is 6.08 Å². The number of aryl methyl sites for hydroxylation is 1. The molecule has 0 heterocycles. The van der Waals surface area contributed by atoms with Crippen LogP contribution in [0.4, 0.5) is 10.1 Å². The van der Waals surface area contributed by atoms with Crippen molar-refractivity contribution in [1.29, 1.82) is 0 Å². The zero-order chi connectivity index (χ0) is 15.2. The highest BCUT2D eigenvalue weighted by molar-refractivity contribution is 6.02. The Morgan fingerprint density at radius 1 is 1.24 bits per heavy atom. The van der Waals surface area contributed by atoms with Gasteiger partial charge in [0.1, 0.15) is 11.6 Å². The lowest BCUT2D eigenvalue weighted by atomic mass is 10.1. The van der Waals surface area contributed by atoms with Crippen LogP contribution in [0, 0.1) is 12.7 Å². The molecule has 1 amide bonds. The summed E-state index contributed by atoms with van der Waals surface area (Å²) in [4.78, 5) is 11.9. The largest absolute Gasteiger partial charge is 0.496 e. The van der Waals surface area contributed by atoms with Gasteiger partial charge in [-0.2, -0.15) is 0 Å². The molecule has 0 spiro atoms. The van der Waals surface area contributed by atoms with Gasteiger partial charge >= 0.3 is 0 Å². The van der Waals surface area contributed by atoms with Crippen LogP contribution in [0.5, 0.6) is 5.75 Å². The Morgan fingerprint density at radius 2 is 2.00 bits per heavy atom. The van der Waals surface area contributed by atoms with Gasteiger partial charge in [0.2, 0.25) is 5.91 Å². The number of hydrogen-bond acceptors (Lipinski definition) is 2. The van der Waals surface area contributed by atoms with E-state index in [9.17, 15) is 9.18 Å². The van der Waals surface area contributed by atoms with Gasteiger partial charge in [-0.1, -0.05) is 24.3 Å². The van der Waals surface area contributed by atoms with Crippen molar-refractivity contribution in [3.63, 3.8) is 0 Å². The first kappa shape index (κ1) is 14.8. The van der Waals surface area contributed by atoms with Crippen molar-refractivity contribution in [2.75, 3.05) is 12.4 Å². The van der Waals surface area contributed by atoms with E-state index in [-0.39, 0.29) is 11.7 Å². The predicted octanol–water partition coefficient (Wildman–Crippen LogP) is 3.79. The van der Waals surface area contributed by atoms with Crippen molar-refractivity contribution in [3.8, 4) is 5.75 Å². The topological polar surface area (TPSA) is 38.3 Å². The summed E-state index contributed by atoms with van der Waals surface area (Å²) in [5.74, 6) is -0.0253. The summed E-state index contributed by atoms with van der Waals surface area (Å²) in [7, 11) is 1.57. The minimum absolute atomic E-state index is 0.324. The summed E-state index contributed by atoms with van der Waals surface area (Å²) in [5, 5.41) is 2.65. The summed E-state index contributed by atoms with van der Waals surface area (Å²) < 4.78 is 18.4. The van der Waals surface area contributed by atoms with Crippen LogP contribution in [0.2, 0.25) is 0 Å². The molecule has 2 rings (SSSR count). The van der Waals surface area contributed by atoms with E-state index in [2.05, 4.69) is 5.32 Å². The van der Waals surface area contributed by atoms with Gasteiger partial charge in [0.05, 0.1) is 7.11 Å². The molecule has 1 N–H and O–H groups in total. The van der Waals surface area contributed by atoms with Gasteiger partial charge in [0, 0.05) is 17.3 Å². The minimum Gasteiger partial charge on any atom is -0.496 e. The van der Waals surface area contributed by atoms with Crippen LogP contribution in [-0.4, -0.2) is 13.0 Å². The lowest BCUT2D eigenvalue weighted by Crippen LogP contribution is -2.09. The summed E-state index contributed by atoms with van der Waals surface area (Å²) in [6.45, 7) is 1.80. The van der Waals surface area contributed by atoms with Crippen molar-refractivity contribution in [1.82, 2.24) is 0 Å². The second-order valence-corrected chi connectivity index (χ2v) is 4.52. The first-order chi connectivity index (χ1) is 10.1. The highest BCUT2D eigenvalue weighted by atomic mass is 19.1. The van der Waals surface area contributed by atoms with Gasteiger partial charge in [-0.15, -0.1) is 0 Å². The summed E-state index contributed by atoms with van der Waals surface area (Å²) >= 11 is 0. The highest BCUT2D eigenvalue weighted by Crippen LogP contribution is 2.19. The van der Waals surface area contributed by atoms with Crippen molar-refractivity contribution in [2.45, 2.75) is 6.92 Å². The maximum atomic E-state index is 13.2. The highest BCUT2D eigenvalue weighted by Gasteiger charge is 2.04. The first-order valence-electron chi connectivity index (χ1n) is 6.48. The van der Waals surface area contributed by atoms with Crippen molar-refractivity contribution >= 4 is 17.7 Å². The second kappa shape index (κ2) is 6.70. The monoisotopic (exact) mass is 285 g/mol. The average Bonchev–Trinajstić information content (AvgIpc) is 2.49. The number of nitrogens with one attached hydrogen (secondary N) is 1. The SMILES string of the molecule is COc1ccccc1/C=C/C(=O)Nc1cc(F)ccc1C. The number of ether oxygens (including phenoxy) is 1. The van der Waals surface area contributed by atoms with Gasteiger partial charge in [-0.25, -0.2) is 4.39 Å². The Labute approximate surface area is 123 Å². The van der Waals surface area contributed by atoms with Gasteiger partial charge < -0.3 is 10.1 Å². The number of methoxy groups -OCH3 is 1.